The van der Waals surface area contributed by atoms with Crippen LogP contribution in [0.1, 0.15) is 19.3 Å². The lowest BCUT2D eigenvalue weighted by Gasteiger charge is -2.15. The molecule has 1 aliphatic rings. The maximum Gasteiger partial charge on any atom is 0.270 e. The summed E-state index contributed by atoms with van der Waals surface area (Å²) in [6.45, 7) is 1.40. The summed E-state index contributed by atoms with van der Waals surface area (Å²) in [5.41, 5.74) is -0.273. The topological polar surface area (TPSA) is 110 Å². The second-order valence-electron chi connectivity index (χ2n) is 4.99. The molecule has 0 bridgehead atoms. The van der Waals surface area contributed by atoms with Crippen molar-refractivity contribution in [2.24, 2.45) is 0 Å². The van der Waals surface area contributed by atoms with E-state index in [-0.39, 0.29) is 23.0 Å². The fraction of sp³-hybridized carbons (Fsp3) is 0.462. The summed E-state index contributed by atoms with van der Waals surface area (Å²) in [6.07, 6.45) is 1.90. The summed E-state index contributed by atoms with van der Waals surface area (Å²) >= 11 is 0. The van der Waals surface area contributed by atoms with Gasteiger partial charge in [0.05, 0.1) is 9.82 Å². The average Bonchev–Trinajstić information content (AvgIpc) is 2.89. The lowest BCUT2D eigenvalue weighted by atomic mass is 10.3. The monoisotopic (exact) mass is 327 g/mol. The first-order valence-electron chi connectivity index (χ1n) is 6.92. The maximum atomic E-state index is 12.1. The summed E-state index contributed by atoms with van der Waals surface area (Å²) < 4.78 is 26.5. The molecule has 2 rings (SSSR count). The fourth-order valence-corrected chi connectivity index (χ4v) is 3.38. The van der Waals surface area contributed by atoms with Gasteiger partial charge in [-0.15, -0.1) is 0 Å². The third-order valence-electron chi connectivity index (χ3n) is 3.41. The Morgan fingerprint density at radius 2 is 2.14 bits per heavy atom. The van der Waals surface area contributed by atoms with Crippen molar-refractivity contribution in [2.75, 3.05) is 19.6 Å². The van der Waals surface area contributed by atoms with Crippen molar-refractivity contribution >= 4 is 21.6 Å². The van der Waals surface area contributed by atoms with Gasteiger partial charge in [0.2, 0.25) is 15.9 Å². The normalized spacial score (nSPS) is 15.3. The lowest BCUT2D eigenvalue weighted by Crippen LogP contribution is -2.30. The number of benzene rings is 1. The molecule has 1 aromatic rings. The Bertz CT molecular complexity index is 674. The molecule has 120 valence electrons. The number of hydrogen-bond donors (Lipinski definition) is 1. The van der Waals surface area contributed by atoms with E-state index >= 15 is 0 Å². The molecule has 8 nitrogen and oxygen atoms in total. The van der Waals surface area contributed by atoms with Crippen LogP contribution >= 0.6 is 0 Å². The largest absolute Gasteiger partial charge is 0.343 e. The number of amides is 1. The SMILES string of the molecule is O=C1CCCN1CCCNS(=O)(=O)c1cccc([N+](=O)[O-])c1. The molecule has 0 radical (unpaired) electrons. The summed E-state index contributed by atoms with van der Waals surface area (Å²) in [5.74, 6) is 0.0986. The highest BCUT2D eigenvalue weighted by Gasteiger charge is 2.20. The van der Waals surface area contributed by atoms with Crippen molar-refractivity contribution in [1.82, 2.24) is 9.62 Å². The van der Waals surface area contributed by atoms with Crippen molar-refractivity contribution < 1.29 is 18.1 Å². The molecular weight excluding hydrogens is 310 g/mol. The van der Waals surface area contributed by atoms with Gasteiger partial charge in [0.25, 0.3) is 5.69 Å². The number of nitro groups is 1. The second kappa shape index (κ2) is 6.84. The van der Waals surface area contributed by atoms with E-state index in [1.807, 2.05) is 0 Å². The van der Waals surface area contributed by atoms with Gasteiger partial charge >= 0.3 is 0 Å². The summed E-state index contributed by atoms with van der Waals surface area (Å²) in [5, 5.41) is 10.7. The Labute approximate surface area is 128 Å². The van der Waals surface area contributed by atoms with Crippen LogP contribution in [0.15, 0.2) is 29.2 Å². The Balaban J connectivity index is 1.89. The zero-order valence-corrected chi connectivity index (χ0v) is 12.7. The molecule has 1 aromatic carbocycles. The van der Waals surface area contributed by atoms with Gasteiger partial charge in [-0.05, 0) is 18.9 Å². The summed E-state index contributed by atoms with van der Waals surface area (Å²) in [7, 11) is -3.78. The first kappa shape index (κ1) is 16.4. The zero-order chi connectivity index (χ0) is 16.2. The van der Waals surface area contributed by atoms with Gasteiger partial charge in [-0.2, -0.15) is 0 Å². The molecule has 1 aliphatic heterocycles. The molecule has 0 aliphatic carbocycles. The smallest absolute Gasteiger partial charge is 0.270 e. The van der Waals surface area contributed by atoms with Crippen LogP contribution < -0.4 is 4.72 Å². The van der Waals surface area contributed by atoms with Crippen LogP contribution in [0.2, 0.25) is 0 Å². The number of hydrogen-bond acceptors (Lipinski definition) is 5. The van der Waals surface area contributed by atoms with Crippen LogP contribution in [0.5, 0.6) is 0 Å². The van der Waals surface area contributed by atoms with Crippen LogP contribution in [-0.2, 0) is 14.8 Å². The van der Waals surface area contributed by atoms with Crippen molar-refractivity contribution in [1.29, 1.82) is 0 Å². The Kier molecular flexibility index (Phi) is 5.09. The van der Waals surface area contributed by atoms with E-state index in [1.165, 1.54) is 18.2 Å². The highest BCUT2D eigenvalue weighted by Crippen LogP contribution is 2.17. The minimum Gasteiger partial charge on any atom is -0.343 e. The number of nitrogens with one attached hydrogen (secondary N) is 1. The van der Waals surface area contributed by atoms with Gasteiger partial charge < -0.3 is 4.90 Å². The Hall–Kier alpha value is -2.00. The predicted octanol–water partition coefficient (Wildman–Crippen LogP) is 0.886. The van der Waals surface area contributed by atoms with Gasteiger partial charge in [0, 0.05) is 38.2 Å². The molecule has 1 amide bonds. The number of rotatable bonds is 7. The number of sulfonamides is 1. The summed E-state index contributed by atoms with van der Waals surface area (Å²) in [4.78, 5) is 23.0. The first-order chi connectivity index (χ1) is 10.4. The molecule has 0 aromatic heterocycles. The van der Waals surface area contributed by atoms with Gasteiger partial charge in [-0.3, -0.25) is 14.9 Å². The standard InChI is InChI=1S/C13H17N3O5S/c17-13-6-2-8-15(13)9-3-7-14-22(20,21)12-5-1-4-11(10-12)16(18)19/h1,4-5,10,14H,2-3,6-9H2. The van der Waals surface area contributed by atoms with Crippen LogP contribution in [0.25, 0.3) is 0 Å². The number of carbonyl (C=O) groups excluding carboxylic acids is 1. The van der Waals surface area contributed by atoms with Crippen LogP contribution in [0, 0.1) is 10.1 Å². The number of nitro benzene ring substituents is 1. The van der Waals surface area contributed by atoms with Gasteiger partial charge in [-0.25, -0.2) is 13.1 Å². The van der Waals surface area contributed by atoms with Crippen molar-refractivity contribution in [2.45, 2.75) is 24.2 Å². The molecule has 0 atom stereocenters. The van der Waals surface area contributed by atoms with Crippen LogP contribution in [-0.4, -0.2) is 43.8 Å². The fourth-order valence-electron chi connectivity index (χ4n) is 2.26. The molecule has 1 heterocycles. The predicted molar refractivity (Wildman–Crippen MR) is 78.7 cm³/mol. The van der Waals surface area contributed by atoms with Crippen molar-refractivity contribution in [3.63, 3.8) is 0 Å². The third-order valence-corrected chi connectivity index (χ3v) is 4.87. The lowest BCUT2D eigenvalue weighted by molar-refractivity contribution is -0.385. The molecule has 1 saturated heterocycles. The molecule has 9 heteroatoms. The van der Waals surface area contributed by atoms with E-state index in [0.29, 0.717) is 19.4 Å². The first-order valence-corrected chi connectivity index (χ1v) is 8.40. The Morgan fingerprint density at radius 3 is 2.77 bits per heavy atom. The zero-order valence-electron chi connectivity index (χ0n) is 11.9. The van der Waals surface area contributed by atoms with E-state index in [4.69, 9.17) is 0 Å². The second-order valence-corrected chi connectivity index (χ2v) is 6.76. The molecule has 1 fully saturated rings. The molecular formula is C13H17N3O5S. The molecule has 22 heavy (non-hydrogen) atoms. The van der Waals surface area contributed by atoms with E-state index in [2.05, 4.69) is 4.72 Å². The molecule has 1 N–H and O–H groups in total. The minimum atomic E-state index is -3.78. The molecule has 0 spiro atoms. The Morgan fingerprint density at radius 1 is 1.36 bits per heavy atom. The average molecular weight is 327 g/mol. The van der Waals surface area contributed by atoms with E-state index in [1.54, 1.807) is 4.90 Å². The van der Waals surface area contributed by atoms with Crippen molar-refractivity contribution in [3.05, 3.63) is 34.4 Å². The number of nitrogens with zero attached hydrogens (tertiary/aromatic N) is 2. The van der Waals surface area contributed by atoms with Crippen LogP contribution in [0.3, 0.4) is 0 Å². The number of likely N-dealkylation sites (tertiary alicyclic amines) is 1. The van der Waals surface area contributed by atoms with E-state index < -0.39 is 14.9 Å². The van der Waals surface area contributed by atoms with E-state index in [0.717, 1.165) is 19.0 Å². The quantitative estimate of drug-likeness (QED) is 0.454. The number of non-ortho nitro benzene ring substituents is 1. The van der Waals surface area contributed by atoms with Gasteiger partial charge in [0.15, 0.2) is 0 Å². The molecule has 0 unspecified atom stereocenters. The van der Waals surface area contributed by atoms with E-state index in [9.17, 15) is 23.3 Å². The highest BCUT2D eigenvalue weighted by atomic mass is 32.2. The highest BCUT2D eigenvalue weighted by molar-refractivity contribution is 7.89. The van der Waals surface area contributed by atoms with Crippen LogP contribution in [0.4, 0.5) is 5.69 Å². The van der Waals surface area contributed by atoms with Crippen molar-refractivity contribution in [3.8, 4) is 0 Å². The third kappa shape index (κ3) is 4.01. The van der Waals surface area contributed by atoms with Gasteiger partial charge in [0.1, 0.15) is 0 Å². The number of carbonyl (C=O) groups is 1. The maximum absolute atomic E-state index is 12.1. The molecule has 0 saturated carbocycles. The summed E-state index contributed by atoms with van der Waals surface area (Å²) in [6, 6.07) is 4.89. The van der Waals surface area contributed by atoms with Gasteiger partial charge in [-0.1, -0.05) is 6.07 Å². The minimum absolute atomic E-state index is 0.0986.